The molecule has 0 spiro atoms. The first-order chi connectivity index (χ1) is 10.6. The van der Waals surface area contributed by atoms with E-state index in [0.717, 1.165) is 4.47 Å². The van der Waals surface area contributed by atoms with E-state index in [1.54, 1.807) is 36.4 Å². The fourth-order valence-corrected chi connectivity index (χ4v) is 2.39. The van der Waals surface area contributed by atoms with Crippen LogP contribution >= 0.6 is 27.5 Å². The summed E-state index contributed by atoms with van der Waals surface area (Å²) in [5.41, 5.74) is 1.28. The average Bonchev–Trinajstić information content (AvgIpc) is 2.97. The van der Waals surface area contributed by atoms with Gasteiger partial charge in [0, 0.05) is 20.7 Å². The lowest BCUT2D eigenvalue weighted by Gasteiger charge is -2.02. The lowest BCUT2D eigenvalue weighted by molar-refractivity contribution is 0.0991. The van der Waals surface area contributed by atoms with Crippen LogP contribution in [0.15, 0.2) is 57.4 Å². The van der Waals surface area contributed by atoms with Crippen LogP contribution in [0, 0.1) is 0 Å². The van der Waals surface area contributed by atoms with Gasteiger partial charge in [0.05, 0.1) is 0 Å². The van der Waals surface area contributed by atoms with E-state index in [1.165, 1.54) is 0 Å². The van der Waals surface area contributed by atoms with Gasteiger partial charge >= 0.3 is 11.8 Å². The maximum Gasteiger partial charge on any atom is 0.313 e. The van der Waals surface area contributed by atoms with Gasteiger partial charge in [-0.05, 0) is 36.4 Å². The van der Waals surface area contributed by atoms with Crippen molar-refractivity contribution in [3.8, 4) is 11.5 Å². The first kappa shape index (κ1) is 14.7. The standard InChI is InChI=1S/C15H9BrClN3O2/c16-10-4-2-6-12(8-10)18-13(21)15-20-19-14(22-15)9-3-1-5-11(17)7-9/h1-8H,(H,18,21). The summed E-state index contributed by atoms with van der Waals surface area (Å²) in [6, 6.07) is 14.2. The summed E-state index contributed by atoms with van der Waals surface area (Å²) in [5, 5.41) is 10.9. The average molecular weight is 379 g/mol. The molecule has 7 heteroatoms. The number of nitrogens with one attached hydrogen (secondary N) is 1. The number of hydrogen-bond acceptors (Lipinski definition) is 4. The molecule has 1 N–H and O–H groups in total. The molecule has 0 saturated heterocycles. The van der Waals surface area contributed by atoms with Gasteiger partial charge in [-0.3, -0.25) is 4.79 Å². The van der Waals surface area contributed by atoms with Gasteiger partial charge in [0.1, 0.15) is 0 Å². The van der Waals surface area contributed by atoms with E-state index in [-0.39, 0.29) is 11.8 Å². The summed E-state index contributed by atoms with van der Waals surface area (Å²) in [7, 11) is 0. The summed E-state index contributed by atoms with van der Waals surface area (Å²) < 4.78 is 6.24. The van der Waals surface area contributed by atoms with Crippen molar-refractivity contribution in [3.05, 3.63) is 63.9 Å². The van der Waals surface area contributed by atoms with Crippen molar-refractivity contribution in [3.63, 3.8) is 0 Å². The molecule has 3 aromatic rings. The van der Waals surface area contributed by atoms with Gasteiger partial charge in [-0.2, -0.15) is 0 Å². The molecule has 1 amide bonds. The van der Waals surface area contributed by atoms with Gasteiger partial charge in [0.2, 0.25) is 5.89 Å². The van der Waals surface area contributed by atoms with Crippen molar-refractivity contribution in [2.45, 2.75) is 0 Å². The Morgan fingerprint density at radius 1 is 1.14 bits per heavy atom. The van der Waals surface area contributed by atoms with Crippen LogP contribution in [0.25, 0.3) is 11.5 Å². The number of carbonyl (C=O) groups excluding carboxylic acids is 1. The number of benzene rings is 2. The number of amides is 1. The molecule has 110 valence electrons. The Labute approximate surface area is 139 Å². The van der Waals surface area contributed by atoms with E-state index in [2.05, 4.69) is 31.4 Å². The summed E-state index contributed by atoms with van der Waals surface area (Å²) >= 11 is 9.25. The minimum Gasteiger partial charge on any atom is -0.412 e. The van der Waals surface area contributed by atoms with Crippen LogP contribution in [0.3, 0.4) is 0 Å². The molecule has 0 aliphatic rings. The van der Waals surface area contributed by atoms with Crippen LogP contribution in [0.4, 0.5) is 5.69 Å². The van der Waals surface area contributed by atoms with E-state index in [4.69, 9.17) is 16.0 Å². The quantitative estimate of drug-likeness (QED) is 0.733. The van der Waals surface area contributed by atoms with Gasteiger partial charge in [0.25, 0.3) is 0 Å². The van der Waals surface area contributed by atoms with E-state index < -0.39 is 5.91 Å². The second-order valence-electron chi connectivity index (χ2n) is 4.39. The number of halogens is 2. The van der Waals surface area contributed by atoms with Crippen LogP contribution in [0.1, 0.15) is 10.7 Å². The third-order valence-corrected chi connectivity index (χ3v) is 3.50. The van der Waals surface area contributed by atoms with E-state index in [0.29, 0.717) is 16.3 Å². The van der Waals surface area contributed by atoms with Crippen molar-refractivity contribution >= 4 is 39.1 Å². The number of rotatable bonds is 3. The molecule has 0 saturated carbocycles. The zero-order valence-electron chi connectivity index (χ0n) is 11.1. The summed E-state index contributed by atoms with van der Waals surface area (Å²) in [6.45, 7) is 0. The van der Waals surface area contributed by atoms with Crippen LogP contribution in [-0.2, 0) is 0 Å². The molecule has 0 unspecified atom stereocenters. The fraction of sp³-hybridized carbons (Fsp3) is 0. The molecule has 2 aromatic carbocycles. The van der Waals surface area contributed by atoms with Crippen LogP contribution < -0.4 is 5.32 Å². The van der Waals surface area contributed by atoms with E-state index in [9.17, 15) is 4.79 Å². The van der Waals surface area contributed by atoms with Gasteiger partial charge in [-0.25, -0.2) is 0 Å². The third-order valence-electron chi connectivity index (χ3n) is 2.77. The third kappa shape index (κ3) is 3.35. The molecule has 22 heavy (non-hydrogen) atoms. The second kappa shape index (κ2) is 6.29. The predicted molar refractivity (Wildman–Crippen MR) is 86.8 cm³/mol. The fourth-order valence-electron chi connectivity index (χ4n) is 1.80. The largest absolute Gasteiger partial charge is 0.412 e. The molecule has 0 aliphatic heterocycles. The zero-order chi connectivity index (χ0) is 15.5. The lowest BCUT2D eigenvalue weighted by Crippen LogP contribution is -2.12. The predicted octanol–water partition coefficient (Wildman–Crippen LogP) is 4.40. The minimum absolute atomic E-state index is 0.116. The Balaban J connectivity index is 1.80. The number of nitrogens with zero attached hydrogens (tertiary/aromatic N) is 2. The Morgan fingerprint density at radius 2 is 1.95 bits per heavy atom. The van der Waals surface area contributed by atoms with Crippen molar-refractivity contribution in [1.29, 1.82) is 0 Å². The van der Waals surface area contributed by atoms with Crippen molar-refractivity contribution in [1.82, 2.24) is 10.2 Å². The Bertz CT molecular complexity index is 835. The minimum atomic E-state index is -0.473. The lowest BCUT2D eigenvalue weighted by atomic mass is 10.2. The number of hydrogen-bond donors (Lipinski definition) is 1. The number of carbonyl (C=O) groups is 1. The van der Waals surface area contributed by atoms with E-state index >= 15 is 0 Å². The van der Waals surface area contributed by atoms with Crippen LogP contribution in [-0.4, -0.2) is 16.1 Å². The highest BCUT2D eigenvalue weighted by Crippen LogP contribution is 2.22. The van der Waals surface area contributed by atoms with Crippen molar-refractivity contribution < 1.29 is 9.21 Å². The summed E-state index contributed by atoms with van der Waals surface area (Å²) in [6.07, 6.45) is 0. The van der Waals surface area contributed by atoms with Crippen LogP contribution in [0.2, 0.25) is 5.02 Å². The molecule has 1 aromatic heterocycles. The Hall–Kier alpha value is -2.18. The summed E-state index contributed by atoms with van der Waals surface area (Å²) in [4.78, 5) is 12.1. The molecule has 0 aliphatic carbocycles. The number of aromatic nitrogens is 2. The highest BCUT2D eigenvalue weighted by atomic mass is 79.9. The number of anilines is 1. The van der Waals surface area contributed by atoms with Gasteiger partial charge < -0.3 is 9.73 Å². The van der Waals surface area contributed by atoms with Crippen molar-refractivity contribution in [2.75, 3.05) is 5.32 Å². The Kier molecular flexibility index (Phi) is 4.22. The smallest absolute Gasteiger partial charge is 0.313 e. The molecule has 3 rings (SSSR count). The molecule has 1 heterocycles. The van der Waals surface area contributed by atoms with Gasteiger partial charge in [0.15, 0.2) is 0 Å². The molecular formula is C15H9BrClN3O2. The molecule has 0 bridgehead atoms. The molecular weight excluding hydrogens is 370 g/mol. The van der Waals surface area contributed by atoms with Crippen LogP contribution in [0.5, 0.6) is 0 Å². The van der Waals surface area contributed by atoms with E-state index in [1.807, 2.05) is 12.1 Å². The highest BCUT2D eigenvalue weighted by Gasteiger charge is 2.16. The molecule has 0 radical (unpaired) electrons. The second-order valence-corrected chi connectivity index (χ2v) is 5.74. The zero-order valence-corrected chi connectivity index (χ0v) is 13.4. The Morgan fingerprint density at radius 3 is 2.73 bits per heavy atom. The molecule has 0 atom stereocenters. The first-order valence-electron chi connectivity index (χ1n) is 6.28. The van der Waals surface area contributed by atoms with Gasteiger partial charge in [-0.15, -0.1) is 10.2 Å². The van der Waals surface area contributed by atoms with Crippen molar-refractivity contribution in [2.24, 2.45) is 0 Å². The summed E-state index contributed by atoms with van der Waals surface area (Å²) in [5.74, 6) is -0.351. The highest BCUT2D eigenvalue weighted by molar-refractivity contribution is 9.10. The SMILES string of the molecule is O=C(Nc1cccc(Br)c1)c1nnc(-c2cccc(Cl)c2)o1. The monoisotopic (exact) mass is 377 g/mol. The topological polar surface area (TPSA) is 68.0 Å². The maximum atomic E-state index is 12.1. The first-order valence-corrected chi connectivity index (χ1v) is 7.45. The molecule has 0 fully saturated rings. The molecule has 5 nitrogen and oxygen atoms in total. The van der Waals surface area contributed by atoms with Gasteiger partial charge in [-0.1, -0.05) is 39.7 Å². The normalized spacial score (nSPS) is 10.5. The maximum absolute atomic E-state index is 12.1.